The maximum atomic E-state index is 13.6. The molecule has 1 saturated heterocycles. The Morgan fingerprint density at radius 1 is 1.12 bits per heavy atom. The van der Waals surface area contributed by atoms with Crippen LogP contribution in [-0.4, -0.2) is 59.2 Å². The molecule has 6 heteroatoms. The molecule has 4 atom stereocenters. The molecule has 178 valence electrons. The lowest BCUT2D eigenvalue weighted by atomic mass is 9.89. The van der Waals surface area contributed by atoms with Crippen molar-refractivity contribution in [2.24, 2.45) is 11.8 Å². The first-order chi connectivity index (χ1) is 15.3. The third-order valence-corrected chi connectivity index (χ3v) is 6.70. The summed E-state index contributed by atoms with van der Waals surface area (Å²) in [6, 6.07) is 9.11. The number of hydrogen-bond acceptors (Lipinski definition) is 3. The lowest BCUT2D eigenvalue weighted by Gasteiger charge is -2.45. The van der Waals surface area contributed by atoms with Gasteiger partial charge in [0.25, 0.3) is 0 Å². The van der Waals surface area contributed by atoms with Gasteiger partial charge in [-0.3, -0.25) is 14.4 Å². The summed E-state index contributed by atoms with van der Waals surface area (Å²) in [7, 11) is 0. The molecule has 1 heterocycles. The van der Waals surface area contributed by atoms with Gasteiger partial charge in [-0.05, 0) is 30.2 Å². The second-order valence-corrected chi connectivity index (χ2v) is 9.22. The number of carbonyl (C=O) groups is 3. The van der Waals surface area contributed by atoms with Crippen LogP contribution in [0.5, 0.6) is 0 Å². The van der Waals surface area contributed by atoms with E-state index in [1.54, 1.807) is 4.90 Å². The molecule has 2 unspecified atom stereocenters. The van der Waals surface area contributed by atoms with Gasteiger partial charge in [0.1, 0.15) is 12.1 Å². The highest BCUT2D eigenvalue weighted by Gasteiger charge is 2.43. The van der Waals surface area contributed by atoms with Crippen LogP contribution in [-0.2, 0) is 20.8 Å². The molecule has 2 rings (SSSR count). The topological polar surface area (TPSA) is 69.7 Å². The number of amides is 3. The van der Waals surface area contributed by atoms with Crippen molar-refractivity contribution in [2.75, 3.05) is 19.6 Å². The SMILES string of the molecule is CCCCC(C)[C@@H]1C(=O)N(CCc2ccccc2)CCN1C(=O)[C@H](NC(C)=O)C(C)CC. The zero-order chi connectivity index (χ0) is 23.7. The number of unbranched alkanes of at least 4 members (excludes halogenated alkanes) is 1. The molecular formula is C26H41N3O3. The van der Waals surface area contributed by atoms with Crippen LogP contribution >= 0.6 is 0 Å². The molecular weight excluding hydrogens is 402 g/mol. The summed E-state index contributed by atoms with van der Waals surface area (Å²) < 4.78 is 0. The highest BCUT2D eigenvalue weighted by Crippen LogP contribution is 2.25. The molecule has 6 nitrogen and oxygen atoms in total. The molecule has 0 aromatic heterocycles. The fourth-order valence-corrected chi connectivity index (χ4v) is 4.49. The van der Waals surface area contributed by atoms with Crippen molar-refractivity contribution >= 4 is 17.7 Å². The van der Waals surface area contributed by atoms with Crippen LogP contribution in [0.2, 0.25) is 0 Å². The highest BCUT2D eigenvalue weighted by molar-refractivity contribution is 5.93. The molecule has 1 N–H and O–H groups in total. The molecule has 0 aliphatic carbocycles. The maximum Gasteiger partial charge on any atom is 0.246 e. The molecule has 0 radical (unpaired) electrons. The number of hydrogen-bond donors (Lipinski definition) is 1. The molecule has 1 fully saturated rings. The maximum absolute atomic E-state index is 13.6. The average Bonchev–Trinajstić information content (AvgIpc) is 2.79. The van der Waals surface area contributed by atoms with Crippen molar-refractivity contribution in [3.8, 4) is 0 Å². The Morgan fingerprint density at radius 3 is 2.41 bits per heavy atom. The molecule has 0 spiro atoms. The minimum atomic E-state index is -0.595. The summed E-state index contributed by atoms with van der Waals surface area (Å²) in [5, 5.41) is 2.85. The van der Waals surface area contributed by atoms with Gasteiger partial charge >= 0.3 is 0 Å². The Hall–Kier alpha value is -2.37. The van der Waals surface area contributed by atoms with E-state index in [-0.39, 0.29) is 29.6 Å². The molecule has 32 heavy (non-hydrogen) atoms. The Kier molecular flexibility index (Phi) is 10.2. The van der Waals surface area contributed by atoms with Gasteiger partial charge in [-0.1, -0.05) is 77.3 Å². The van der Waals surface area contributed by atoms with Gasteiger partial charge in [-0.25, -0.2) is 0 Å². The average molecular weight is 444 g/mol. The second-order valence-electron chi connectivity index (χ2n) is 9.22. The van der Waals surface area contributed by atoms with E-state index in [9.17, 15) is 14.4 Å². The lowest BCUT2D eigenvalue weighted by molar-refractivity contribution is -0.156. The summed E-state index contributed by atoms with van der Waals surface area (Å²) in [6.07, 6.45) is 4.56. The standard InChI is InChI=1S/C26H41N3O3/c1-6-8-12-20(4)24-26(32)28(16-15-22-13-10-9-11-14-22)17-18-29(24)25(31)23(19(3)7-2)27-21(5)30/h9-11,13-14,19-20,23-24H,6-8,12,15-18H2,1-5H3,(H,27,30)/t19?,20?,23-,24-/m1/s1. The van der Waals surface area contributed by atoms with Gasteiger partial charge in [0.05, 0.1) is 0 Å². The smallest absolute Gasteiger partial charge is 0.246 e. The Morgan fingerprint density at radius 2 is 1.81 bits per heavy atom. The predicted molar refractivity (Wildman–Crippen MR) is 128 cm³/mol. The van der Waals surface area contributed by atoms with E-state index in [0.717, 1.165) is 32.1 Å². The Bertz CT molecular complexity index is 752. The second kappa shape index (κ2) is 12.6. The molecule has 1 aliphatic rings. The Balaban J connectivity index is 2.22. The van der Waals surface area contributed by atoms with Crippen LogP contribution < -0.4 is 5.32 Å². The van der Waals surface area contributed by atoms with Crippen LogP contribution in [0.15, 0.2) is 30.3 Å². The molecule has 0 bridgehead atoms. The first-order valence-corrected chi connectivity index (χ1v) is 12.2. The van der Waals surface area contributed by atoms with Gasteiger partial charge in [0, 0.05) is 26.6 Å². The molecule has 3 amide bonds. The van der Waals surface area contributed by atoms with Gasteiger partial charge in [-0.2, -0.15) is 0 Å². The molecule has 1 aliphatic heterocycles. The van der Waals surface area contributed by atoms with Crippen LogP contribution in [0.4, 0.5) is 0 Å². The van der Waals surface area contributed by atoms with Crippen molar-refractivity contribution in [1.82, 2.24) is 15.1 Å². The van der Waals surface area contributed by atoms with E-state index in [0.29, 0.717) is 19.6 Å². The minimum Gasteiger partial charge on any atom is -0.344 e. The quantitative estimate of drug-likeness (QED) is 0.568. The molecule has 0 saturated carbocycles. The van der Waals surface area contributed by atoms with Crippen molar-refractivity contribution in [3.05, 3.63) is 35.9 Å². The normalized spacial score (nSPS) is 19.4. The van der Waals surface area contributed by atoms with Crippen LogP contribution in [0.3, 0.4) is 0 Å². The fourth-order valence-electron chi connectivity index (χ4n) is 4.49. The zero-order valence-electron chi connectivity index (χ0n) is 20.5. The number of benzene rings is 1. The first kappa shape index (κ1) is 25.9. The number of nitrogens with one attached hydrogen (secondary N) is 1. The largest absolute Gasteiger partial charge is 0.344 e. The van der Waals surface area contributed by atoms with E-state index < -0.39 is 12.1 Å². The number of carbonyl (C=O) groups excluding carboxylic acids is 3. The monoisotopic (exact) mass is 443 g/mol. The molecule has 1 aromatic rings. The molecule has 1 aromatic carbocycles. The summed E-state index contributed by atoms with van der Waals surface area (Å²) >= 11 is 0. The van der Waals surface area contributed by atoms with Crippen molar-refractivity contribution in [1.29, 1.82) is 0 Å². The Labute approximate surface area is 193 Å². The minimum absolute atomic E-state index is 0.00390. The van der Waals surface area contributed by atoms with Gasteiger partial charge in [0.2, 0.25) is 17.7 Å². The summed E-state index contributed by atoms with van der Waals surface area (Å²) in [4.78, 5) is 42.7. The fraction of sp³-hybridized carbons (Fsp3) is 0.654. The first-order valence-electron chi connectivity index (χ1n) is 12.2. The summed E-state index contributed by atoms with van der Waals surface area (Å²) in [5.41, 5.74) is 1.21. The van der Waals surface area contributed by atoms with E-state index in [2.05, 4.69) is 31.3 Å². The number of piperazine rings is 1. The zero-order valence-corrected chi connectivity index (χ0v) is 20.5. The van der Waals surface area contributed by atoms with Gasteiger partial charge in [0.15, 0.2) is 0 Å². The number of nitrogens with zero attached hydrogens (tertiary/aromatic N) is 2. The van der Waals surface area contributed by atoms with Crippen LogP contribution in [0.25, 0.3) is 0 Å². The highest BCUT2D eigenvalue weighted by atomic mass is 16.2. The number of rotatable bonds is 11. The summed E-state index contributed by atoms with van der Waals surface area (Å²) in [5.74, 6) is -0.231. The van der Waals surface area contributed by atoms with Crippen molar-refractivity contribution in [2.45, 2.75) is 78.8 Å². The van der Waals surface area contributed by atoms with E-state index in [1.165, 1.54) is 12.5 Å². The third kappa shape index (κ3) is 6.81. The van der Waals surface area contributed by atoms with Gasteiger partial charge < -0.3 is 15.1 Å². The van der Waals surface area contributed by atoms with E-state index in [1.807, 2.05) is 36.9 Å². The third-order valence-electron chi connectivity index (χ3n) is 6.70. The van der Waals surface area contributed by atoms with Crippen molar-refractivity contribution < 1.29 is 14.4 Å². The van der Waals surface area contributed by atoms with Crippen LogP contribution in [0, 0.1) is 11.8 Å². The predicted octanol–water partition coefficient (Wildman–Crippen LogP) is 3.65. The van der Waals surface area contributed by atoms with Crippen molar-refractivity contribution in [3.63, 3.8) is 0 Å². The van der Waals surface area contributed by atoms with Crippen LogP contribution in [0.1, 0.15) is 65.9 Å². The van der Waals surface area contributed by atoms with E-state index >= 15 is 0 Å². The van der Waals surface area contributed by atoms with E-state index in [4.69, 9.17) is 0 Å². The summed E-state index contributed by atoms with van der Waals surface area (Å²) in [6.45, 7) is 11.3. The van der Waals surface area contributed by atoms with Gasteiger partial charge in [-0.15, -0.1) is 0 Å². The lowest BCUT2D eigenvalue weighted by Crippen LogP contribution is -2.64.